The van der Waals surface area contributed by atoms with Crippen LogP contribution in [0.5, 0.6) is 0 Å². The first kappa shape index (κ1) is 19.1. The zero-order chi connectivity index (χ0) is 19.1. The fraction of sp³-hybridized carbons (Fsp3) is 0.286. The van der Waals surface area contributed by atoms with Gasteiger partial charge in [0, 0.05) is 28.9 Å². The van der Waals surface area contributed by atoms with Crippen LogP contribution in [0, 0.1) is 0 Å². The van der Waals surface area contributed by atoms with Crippen LogP contribution in [0.3, 0.4) is 0 Å². The number of anilines is 1. The Labute approximate surface area is 163 Å². The molecule has 0 aliphatic heterocycles. The summed E-state index contributed by atoms with van der Waals surface area (Å²) < 4.78 is 5.19. The van der Waals surface area contributed by atoms with Crippen molar-refractivity contribution >= 4 is 34.3 Å². The lowest BCUT2D eigenvalue weighted by Crippen LogP contribution is -2.11. The minimum absolute atomic E-state index is 0.144. The molecular formula is C21H22ClN3O2. The van der Waals surface area contributed by atoms with Crippen LogP contribution in [0.1, 0.15) is 26.2 Å². The maximum atomic E-state index is 11.4. The van der Waals surface area contributed by atoms with E-state index in [0.717, 1.165) is 28.7 Å². The number of hydrogen-bond donors (Lipinski definition) is 1. The highest BCUT2D eigenvalue weighted by Gasteiger charge is 2.09. The SMILES string of the molecule is CCCC(=O)OCCCNc1nc(-c2ccc(Cl)cc2)nc2ccccc12. The van der Waals surface area contributed by atoms with E-state index in [-0.39, 0.29) is 5.97 Å². The summed E-state index contributed by atoms with van der Waals surface area (Å²) in [5, 5.41) is 4.98. The van der Waals surface area contributed by atoms with E-state index in [2.05, 4.69) is 15.3 Å². The molecular weight excluding hydrogens is 362 g/mol. The molecule has 1 heterocycles. The lowest BCUT2D eigenvalue weighted by molar-refractivity contribution is -0.143. The summed E-state index contributed by atoms with van der Waals surface area (Å²) in [6.07, 6.45) is 1.98. The number of halogens is 1. The molecule has 0 atom stereocenters. The van der Waals surface area contributed by atoms with Crippen molar-refractivity contribution in [3.8, 4) is 11.4 Å². The van der Waals surface area contributed by atoms with Gasteiger partial charge in [-0.2, -0.15) is 0 Å². The molecule has 5 nitrogen and oxygen atoms in total. The number of hydrogen-bond acceptors (Lipinski definition) is 5. The van der Waals surface area contributed by atoms with Crippen molar-refractivity contribution in [2.24, 2.45) is 0 Å². The molecule has 6 heteroatoms. The Morgan fingerprint density at radius 2 is 1.89 bits per heavy atom. The average molecular weight is 384 g/mol. The second-order valence-corrected chi connectivity index (χ2v) is 6.61. The number of benzene rings is 2. The van der Waals surface area contributed by atoms with Gasteiger partial charge >= 0.3 is 5.97 Å². The molecule has 0 aliphatic rings. The van der Waals surface area contributed by atoms with E-state index in [1.807, 2.05) is 55.5 Å². The van der Waals surface area contributed by atoms with Gasteiger partial charge < -0.3 is 10.1 Å². The Bertz CT molecular complexity index is 913. The van der Waals surface area contributed by atoms with E-state index in [9.17, 15) is 4.79 Å². The Hall–Kier alpha value is -2.66. The van der Waals surface area contributed by atoms with Gasteiger partial charge in [0.25, 0.3) is 0 Å². The predicted molar refractivity (Wildman–Crippen MR) is 109 cm³/mol. The Balaban J connectivity index is 1.73. The molecule has 3 rings (SSSR count). The number of esters is 1. The highest BCUT2D eigenvalue weighted by molar-refractivity contribution is 6.30. The standard InChI is InChI=1S/C21H22ClN3O2/c1-2-6-19(26)27-14-5-13-23-21-17-7-3-4-8-18(17)24-20(25-21)15-9-11-16(22)12-10-15/h3-4,7-12H,2,5-6,13-14H2,1H3,(H,23,24,25). The number of rotatable bonds is 8. The number of carbonyl (C=O) groups is 1. The van der Waals surface area contributed by atoms with E-state index in [1.54, 1.807) is 0 Å². The van der Waals surface area contributed by atoms with Gasteiger partial charge in [-0.15, -0.1) is 0 Å². The minimum atomic E-state index is -0.144. The molecule has 27 heavy (non-hydrogen) atoms. The van der Waals surface area contributed by atoms with Crippen LogP contribution in [-0.2, 0) is 9.53 Å². The van der Waals surface area contributed by atoms with Gasteiger partial charge in [0.1, 0.15) is 5.82 Å². The van der Waals surface area contributed by atoms with E-state index in [1.165, 1.54) is 0 Å². The van der Waals surface area contributed by atoms with E-state index in [0.29, 0.717) is 36.8 Å². The zero-order valence-corrected chi connectivity index (χ0v) is 16.0. The molecule has 0 bridgehead atoms. The third kappa shape index (κ3) is 5.17. The zero-order valence-electron chi connectivity index (χ0n) is 15.2. The molecule has 1 aromatic heterocycles. The van der Waals surface area contributed by atoms with E-state index < -0.39 is 0 Å². The first-order valence-electron chi connectivity index (χ1n) is 9.09. The third-order valence-corrected chi connectivity index (χ3v) is 4.29. The van der Waals surface area contributed by atoms with E-state index in [4.69, 9.17) is 16.3 Å². The molecule has 1 N–H and O–H groups in total. The summed E-state index contributed by atoms with van der Waals surface area (Å²) in [5.74, 6) is 1.27. The smallest absolute Gasteiger partial charge is 0.305 e. The van der Waals surface area contributed by atoms with Crippen LogP contribution >= 0.6 is 11.6 Å². The monoisotopic (exact) mass is 383 g/mol. The van der Waals surface area contributed by atoms with Crippen LogP contribution in [0.15, 0.2) is 48.5 Å². The van der Waals surface area contributed by atoms with Gasteiger partial charge in [0.2, 0.25) is 0 Å². The largest absolute Gasteiger partial charge is 0.466 e. The molecule has 0 unspecified atom stereocenters. The lowest BCUT2D eigenvalue weighted by atomic mass is 10.2. The van der Waals surface area contributed by atoms with Gasteiger partial charge in [-0.05, 0) is 49.2 Å². The van der Waals surface area contributed by atoms with Gasteiger partial charge in [-0.25, -0.2) is 9.97 Å². The van der Waals surface area contributed by atoms with Crippen molar-refractivity contribution < 1.29 is 9.53 Å². The van der Waals surface area contributed by atoms with Crippen LogP contribution in [0.4, 0.5) is 5.82 Å². The number of para-hydroxylation sites is 1. The summed E-state index contributed by atoms with van der Waals surface area (Å²) >= 11 is 5.98. The molecule has 0 amide bonds. The topological polar surface area (TPSA) is 64.1 Å². The van der Waals surface area contributed by atoms with Crippen molar-refractivity contribution in [1.29, 1.82) is 0 Å². The number of nitrogens with one attached hydrogen (secondary N) is 1. The summed E-state index contributed by atoms with van der Waals surface area (Å²) in [6, 6.07) is 15.3. The average Bonchev–Trinajstić information content (AvgIpc) is 2.68. The summed E-state index contributed by atoms with van der Waals surface area (Å²) in [7, 11) is 0. The number of aromatic nitrogens is 2. The molecule has 3 aromatic rings. The molecule has 0 aliphatic carbocycles. The number of fused-ring (bicyclic) bond motifs is 1. The Kier molecular flexibility index (Phi) is 6.60. The van der Waals surface area contributed by atoms with Crippen molar-refractivity contribution in [2.45, 2.75) is 26.2 Å². The highest BCUT2D eigenvalue weighted by atomic mass is 35.5. The van der Waals surface area contributed by atoms with Crippen molar-refractivity contribution in [1.82, 2.24) is 9.97 Å². The van der Waals surface area contributed by atoms with Gasteiger partial charge in [0.15, 0.2) is 5.82 Å². The lowest BCUT2D eigenvalue weighted by Gasteiger charge is -2.11. The van der Waals surface area contributed by atoms with Gasteiger partial charge in [-0.3, -0.25) is 4.79 Å². The minimum Gasteiger partial charge on any atom is -0.466 e. The molecule has 0 saturated heterocycles. The van der Waals surface area contributed by atoms with Crippen LogP contribution in [0.25, 0.3) is 22.3 Å². The predicted octanol–water partition coefficient (Wildman–Crippen LogP) is 5.10. The molecule has 140 valence electrons. The van der Waals surface area contributed by atoms with Gasteiger partial charge in [-0.1, -0.05) is 30.7 Å². The van der Waals surface area contributed by atoms with Crippen molar-refractivity contribution in [3.05, 3.63) is 53.6 Å². The molecule has 2 aromatic carbocycles. The fourth-order valence-electron chi connectivity index (χ4n) is 2.68. The summed E-state index contributed by atoms with van der Waals surface area (Å²) in [6.45, 7) is 3.01. The molecule has 0 radical (unpaired) electrons. The van der Waals surface area contributed by atoms with E-state index >= 15 is 0 Å². The first-order valence-corrected chi connectivity index (χ1v) is 9.47. The Morgan fingerprint density at radius 1 is 1.11 bits per heavy atom. The molecule has 0 spiro atoms. The highest BCUT2D eigenvalue weighted by Crippen LogP contribution is 2.25. The van der Waals surface area contributed by atoms with Crippen LogP contribution in [0.2, 0.25) is 5.02 Å². The molecule has 0 saturated carbocycles. The molecule has 0 fully saturated rings. The third-order valence-electron chi connectivity index (χ3n) is 4.04. The number of nitrogens with zero attached hydrogens (tertiary/aromatic N) is 2. The first-order chi connectivity index (χ1) is 13.2. The summed E-state index contributed by atoms with van der Waals surface area (Å²) in [4.78, 5) is 20.8. The Morgan fingerprint density at radius 3 is 2.67 bits per heavy atom. The maximum Gasteiger partial charge on any atom is 0.305 e. The maximum absolute atomic E-state index is 11.4. The van der Waals surface area contributed by atoms with Crippen molar-refractivity contribution in [3.63, 3.8) is 0 Å². The normalized spacial score (nSPS) is 10.7. The van der Waals surface area contributed by atoms with Crippen LogP contribution < -0.4 is 5.32 Å². The second-order valence-electron chi connectivity index (χ2n) is 6.17. The quantitative estimate of drug-likeness (QED) is 0.433. The van der Waals surface area contributed by atoms with Gasteiger partial charge in [0.05, 0.1) is 12.1 Å². The van der Waals surface area contributed by atoms with Crippen LogP contribution in [-0.4, -0.2) is 29.1 Å². The second kappa shape index (κ2) is 9.33. The number of carbonyl (C=O) groups excluding carboxylic acids is 1. The number of ether oxygens (including phenoxy) is 1. The summed E-state index contributed by atoms with van der Waals surface area (Å²) in [5.41, 5.74) is 1.77. The van der Waals surface area contributed by atoms with Crippen molar-refractivity contribution in [2.75, 3.05) is 18.5 Å². The fourth-order valence-corrected chi connectivity index (χ4v) is 2.81.